The quantitative estimate of drug-likeness (QED) is 0.746. The third-order valence-corrected chi connectivity index (χ3v) is 5.78. The molecule has 1 aliphatic heterocycles. The summed E-state index contributed by atoms with van der Waals surface area (Å²) in [6, 6.07) is 11.5. The molecule has 1 atom stereocenters. The Morgan fingerprint density at radius 1 is 1.17 bits per heavy atom. The highest BCUT2D eigenvalue weighted by Gasteiger charge is 2.31. The summed E-state index contributed by atoms with van der Waals surface area (Å²) in [5.74, 6) is 0.548. The number of piperidine rings is 1. The average molecular weight is 397 g/mol. The minimum atomic E-state index is -0.431. The van der Waals surface area contributed by atoms with Crippen molar-refractivity contribution >= 4 is 11.8 Å². The monoisotopic (exact) mass is 397 g/mol. The zero-order valence-corrected chi connectivity index (χ0v) is 16.4. The van der Waals surface area contributed by atoms with Crippen LogP contribution < -0.4 is 5.32 Å². The topological polar surface area (TPSA) is 95.7 Å². The Balaban J connectivity index is 1.26. The molecule has 2 fully saturated rings. The summed E-state index contributed by atoms with van der Waals surface area (Å²) in [7, 11) is 0. The second-order valence-corrected chi connectivity index (χ2v) is 8.03. The number of carbonyl (C=O) groups excluding carboxylic acids is 2. The Labute approximate surface area is 170 Å². The molecule has 2 N–H and O–H groups in total. The van der Waals surface area contributed by atoms with Gasteiger partial charge in [-0.2, -0.15) is 0 Å². The minimum absolute atomic E-state index is 0.00863. The summed E-state index contributed by atoms with van der Waals surface area (Å²) in [6.07, 6.45) is 4.11. The normalized spacial score (nSPS) is 18.4. The number of nitrogens with one attached hydrogen (secondary N) is 1. The van der Waals surface area contributed by atoms with E-state index in [1.165, 1.54) is 0 Å². The van der Waals surface area contributed by atoms with E-state index in [1.807, 2.05) is 30.3 Å². The maximum Gasteiger partial charge on any atom is 0.273 e. The molecule has 2 aliphatic rings. The number of carbonyl (C=O) groups is 2. The van der Waals surface area contributed by atoms with Gasteiger partial charge in [0.2, 0.25) is 5.91 Å². The van der Waals surface area contributed by atoms with Gasteiger partial charge in [0.1, 0.15) is 5.76 Å². The Kier molecular flexibility index (Phi) is 5.94. The first-order valence-corrected chi connectivity index (χ1v) is 10.3. The molecular weight excluding hydrogens is 370 g/mol. The van der Waals surface area contributed by atoms with Crippen LogP contribution in [0.4, 0.5) is 0 Å². The number of rotatable bonds is 7. The molecule has 4 rings (SSSR count). The summed E-state index contributed by atoms with van der Waals surface area (Å²) in [5.41, 5.74) is 1.37. The molecule has 1 aliphatic carbocycles. The fourth-order valence-corrected chi connectivity index (χ4v) is 3.85. The van der Waals surface area contributed by atoms with Gasteiger partial charge >= 0.3 is 0 Å². The van der Waals surface area contributed by atoms with Crippen molar-refractivity contribution in [3.63, 3.8) is 0 Å². The zero-order valence-electron chi connectivity index (χ0n) is 16.4. The molecule has 0 bridgehead atoms. The highest BCUT2D eigenvalue weighted by molar-refractivity contribution is 5.92. The van der Waals surface area contributed by atoms with Crippen LogP contribution >= 0.6 is 0 Å². The van der Waals surface area contributed by atoms with E-state index >= 15 is 0 Å². The van der Waals surface area contributed by atoms with E-state index in [0.717, 1.165) is 24.2 Å². The third-order valence-electron chi connectivity index (χ3n) is 5.78. The molecule has 0 spiro atoms. The Morgan fingerprint density at radius 3 is 2.55 bits per heavy atom. The number of likely N-dealkylation sites (tertiary alicyclic amines) is 1. The van der Waals surface area contributed by atoms with Gasteiger partial charge in [-0.1, -0.05) is 35.5 Å². The lowest BCUT2D eigenvalue weighted by atomic mass is 9.96. The van der Waals surface area contributed by atoms with Crippen molar-refractivity contribution in [2.45, 2.75) is 44.1 Å². The van der Waals surface area contributed by atoms with Crippen LogP contribution in [0.5, 0.6) is 0 Å². The maximum atomic E-state index is 12.8. The maximum absolute atomic E-state index is 12.8. The smallest absolute Gasteiger partial charge is 0.273 e. The molecule has 1 aromatic heterocycles. The van der Waals surface area contributed by atoms with Gasteiger partial charge in [0, 0.05) is 31.1 Å². The molecule has 1 saturated heterocycles. The molecule has 7 heteroatoms. The van der Waals surface area contributed by atoms with Crippen LogP contribution in [-0.4, -0.2) is 52.7 Å². The zero-order chi connectivity index (χ0) is 20.2. The van der Waals surface area contributed by atoms with Crippen LogP contribution in [0.25, 0.3) is 0 Å². The number of benzene rings is 1. The highest BCUT2D eigenvalue weighted by Crippen LogP contribution is 2.40. The highest BCUT2D eigenvalue weighted by atomic mass is 16.5. The summed E-state index contributed by atoms with van der Waals surface area (Å²) < 4.78 is 5.25. The minimum Gasteiger partial charge on any atom is -0.396 e. The number of amides is 2. The van der Waals surface area contributed by atoms with Crippen molar-refractivity contribution in [2.24, 2.45) is 5.92 Å². The lowest BCUT2D eigenvalue weighted by Crippen LogP contribution is -2.48. The van der Waals surface area contributed by atoms with Crippen LogP contribution in [0.3, 0.4) is 0 Å². The number of hydrogen-bond acceptors (Lipinski definition) is 5. The molecule has 0 unspecified atom stereocenters. The van der Waals surface area contributed by atoms with Crippen molar-refractivity contribution in [1.29, 1.82) is 0 Å². The fraction of sp³-hybridized carbons (Fsp3) is 0.500. The van der Waals surface area contributed by atoms with E-state index in [0.29, 0.717) is 44.0 Å². The summed E-state index contributed by atoms with van der Waals surface area (Å²) in [5, 5.41) is 16.6. The lowest BCUT2D eigenvalue weighted by molar-refractivity contribution is -0.137. The Bertz CT molecular complexity index is 839. The first-order valence-electron chi connectivity index (χ1n) is 10.3. The van der Waals surface area contributed by atoms with E-state index in [2.05, 4.69) is 10.5 Å². The van der Waals surface area contributed by atoms with E-state index in [9.17, 15) is 14.7 Å². The molecule has 154 valence electrons. The van der Waals surface area contributed by atoms with Crippen LogP contribution in [0.2, 0.25) is 0 Å². The molecule has 2 heterocycles. The molecule has 29 heavy (non-hydrogen) atoms. The van der Waals surface area contributed by atoms with Crippen LogP contribution in [0.15, 0.2) is 40.9 Å². The van der Waals surface area contributed by atoms with E-state index < -0.39 is 5.92 Å². The summed E-state index contributed by atoms with van der Waals surface area (Å²) >= 11 is 0. The number of nitrogens with zero attached hydrogens (tertiary/aromatic N) is 2. The second-order valence-electron chi connectivity index (χ2n) is 8.03. The largest absolute Gasteiger partial charge is 0.396 e. The van der Waals surface area contributed by atoms with Gasteiger partial charge in [0.25, 0.3) is 5.91 Å². The summed E-state index contributed by atoms with van der Waals surface area (Å²) in [6.45, 7) is 0.975. The second kappa shape index (κ2) is 8.78. The molecule has 0 radical (unpaired) electrons. The van der Waals surface area contributed by atoms with Crippen molar-refractivity contribution < 1.29 is 19.2 Å². The van der Waals surface area contributed by atoms with Gasteiger partial charge < -0.3 is 19.8 Å². The van der Waals surface area contributed by atoms with Gasteiger partial charge in [0.05, 0.1) is 12.5 Å². The molecule has 2 aromatic rings. The van der Waals surface area contributed by atoms with Crippen LogP contribution in [0, 0.1) is 5.92 Å². The molecule has 1 aromatic carbocycles. The van der Waals surface area contributed by atoms with Crippen molar-refractivity contribution in [2.75, 3.05) is 19.7 Å². The van der Waals surface area contributed by atoms with E-state index in [4.69, 9.17) is 4.52 Å². The number of hydrogen-bond donors (Lipinski definition) is 2. The number of aliphatic hydroxyl groups is 1. The van der Waals surface area contributed by atoms with Crippen LogP contribution in [0.1, 0.15) is 53.4 Å². The fourth-order valence-electron chi connectivity index (χ4n) is 3.85. The van der Waals surface area contributed by atoms with Gasteiger partial charge in [-0.05, 0) is 37.7 Å². The predicted octanol–water partition coefficient (Wildman–Crippen LogP) is 2.12. The molecule has 7 nitrogen and oxygen atoms in total. The Morgan fingerprint density at radius 2 is 1.90 bits per heavy atom. The SMILES string of the molecule is O=C(NC1CCN(C(=O)[C@@H](CO)Cc2ccccc2)CC1)c1cc(C2CC2)on1. The predicted molar refractivity (Wildman–Crippen MR) is 106 cm³/mol. The van der Waals surface area contributed by atoms with Crippen LogP contribution in [-0.2, 0) is 11.2 Å². The average Bonchev–Trinajstić information content (AvgIpc) is 3.49. The third kappa shape index (κ3) is 4.85. The standard InChI is InChI=1S/C22H27N3O4/c26-14-17(12-15-4-2-1-3-5-15)22(28)25-10-8-18(9-11-25)23-21(27)19-13-20(29-24-19)16-6-7-16/h1-5,13,16-18,26H,6-12,14H2,(H,23,27)/t17-/m1/s1. The lowest BCUT2D eigenvalue weighted by Gasteiger charge is -2.34. The van der Waals surface area contributed by atoms with Gasteiger partial charge in [0.15, 0.2) is 5.69 Å². The van der Waals surface area contributed by atoms with E-state index in [1.54, 1.807) is 11.0 Å². The first kappa shape index (κ1) is 19.6. The Hall–Kier alpha value is -2.67. The molecule has 2 amide bonds. The van der Waals surface area contributed by atoms with Crippen molar-refractivity contribution in [3.8, 4) is 0 Å². The number of aromatic nitrogens is 1. The van der Waals surface area contributed by atoms with Gasteiger partial charge in [-0.15, -0.1) is 0 Å². The van der Waals surface area contributed by atoms with Crippen molar-refractivity contribution in [1.82, 2.24) is 15.4 Å². The number of aliphatic hydroxyl groups excluding tert-OH is 1. The van der Waals surface area contributed by atoms with Crippen molar-refractivity contribution in [3.05, 3.63) is 53.4 Å². The van der Waals surface area contributed by atoms with E-state index in [-0.39, 0.29) is 24.5 Å². The molecular formula is C22H27N3O4. The van der Waals surface area contributed by atoms with Gasteiger partial charge in [-0.3, -0.25) is 9.59 Å². The summed E-state index contributed by atoms with van der Waals surface area (Å²) in [4.78, 5) is 27.0. The first-order chi connectivity index (χ1) is 14.1. The van der Waals surface area contributed by atoms with Gasteiger partial charge in [-0.25, -0.2) is 0 Å². The molecule has 1 saturated carbocycles.